The second kappa shape index (κ2) is 5.29. The van der Waals surface area contributed by atoms with Crippen LogP contribution in [0.4, 0.5) is 0 Å². The van der Waals surface area contributed by atoms with Gasteiger partial charge in [-0.1, -0.05) is 37.3 Å². The summed E-state index contributed by atoms with van der Waals surface area (Å²) in [7, 11) is 0. The summed E-state index contributed by atoms with van der Waals surface area (Å²) in [4.78, 5) is 13.3. The smallest absolute Gasteiger partial charge is 0.324 e. The fourth-order valence-corrected chi connectivity index (χ4v) is 2.28. The van der Waals surface area contributed by atoms with Crippen LogP contribution in [0.1, 0.15) is 18.6 Å². The van der Waals surface area contributed by atoms with Gasteiger partial charge < -0.3 is 9.84 Å². The first-order valence-electron chi connectivity index (χ1n) is 5.87. The Labute approximate surface area is 101 Å². The fourth-order valence-electron chi connectivity index (χ4n) is 2.28. The number of carboxylic acids is 1. The Hall–Kier alpha value is -1.39. The minimum absolute atomic E-state index is 0.373. The van der Waals surface area contributed by atoms with Crippen LogP contribution in [0.5, 0.6) is 0 Å². The molecule has 0 spiro atoms. The van der Waals surface area contributed by atoms with Gasteiger partial charge >= 0.3 is 5.97 Å². The van der Waals surface area contributed by atoms with Crippen LogP contribution in [0.25, 0.3) is 0 Å². The molecule has 0 bridgehead atoms. The van der Waals surface area contributed by atoms with E-state index in [4.69, 9.17) is 4.74 Å². The van der Waals surface area contributed by atoms with Crippen molar-refractivity contribution < 1.29 is 14.6 Å². The lowest BCUT2D eigenvalue weighted by molar-refractivity contribution is -0.157. The molecule has 4 nitrogen and oxygen atoms in total. The molecule has 1 aromatic rings. The van der Waals surface area contributed by atoms with Gasteiger partial charge in [-0.3, -0.25) is 9.69 Å². The van der Waals surface area contributed by atoms with Crippen LogP contribution in [0.2, 0.25) is 0 Å². The molecule has 0 radical (unpaired) electrons. The molecule has 17 heavy (non-hydrogen) atoms. The van der Waals surface area contributed by atoms with E-state index in [1.165, 1.54) is 0 Å². The molecule has 1 aliphatic rings. The summed E-state index contributed by atoms with van der Waals surface area (Å²) >= 11 is 0. The number of morpholine rings is 1. The predicted octanol–water partition coefficient (Wildman–Crippen LogP) is 1.53. The van der Waals surface area contributed by atoms with Crippen LogP contribution in [0.3, 0.4) is 0 Å². The van der Waals surface area contributed by atoms with E-state index in [1.54, 1.807) is 0 Å². The molecule has 0 saturated carbocycles. The van der Waals surface area contributed by atoms with Gasteiger partial charge in [0, 0.05) is 6.54 Å². The summed E-state index contributed by atoms with van der Waals surface area (Å²) in [6, 6.07) is 8.97. The van der Waals surface area contributed by atoms with Gasteiger partial charge in [-0.25, -0.2) is 0 Å². The summed E-state index contributed by atoms with van der Waals surface area (Å²) in [5.74, 6) is -0.819. The fraction of sp³-hybridized carbons (Fsp3) is 0.462. The van der Waals surface area contributed by atoms with Gasteiger partial charge in [0.25, 0.3) is 0 Å². The van der Waals surface area contributed by atoms with E-state index in [0.717, 1.165) is 12.1 Å². The minimum Gasteiger partial charge on any atom is -0.480 e. The number of hydrogen-bond donors (Lipinski definition) is 1. The molecule has 1 heterocycles. The molecule has 0 aromatic heterocycles. The first-order valence-corrected chi connectivity index (χ1v) is 5.87. The Morgan fingerprint density at radius 1 is 1.47 bits per heavy atom. The van der Waals surface area contributed by atoms with Crippen molar-refractivity contribution in [1.29, 1.82) is 0 Å². The number of nitrogens with zero attached hydrogens (tertiary/aromatic N) is 1. The highest BCUT2D eigenvalue weighted by Gasteiger charge is 2.37. The lowest BCUT2D eigenvalue weighted by Gasteiger charge is -2.38. The van der Waals surface area contributed by atoms with Crippen molar-refractivity contribution in [2.24, 2.45) is 0 Å². The minimum atomic E-state index is -0.819. The molecular formula is C13H17NO3. The van der Waals surface area contributed by atoms with Crippen molar-refractivity contribution in [3.8, 4) is 0 Å². The van der Waals surface area contributed by atoms with Gasteiger partial charge in [0.1, 0.15) is 12.1 Å². The Morgan fingerprint density at radius 3 is 2.76 bits per heavy atom. The van der Waals surface area contributed by atoms with Crippen molar-refractivity contribution in [2.75, 3.05) is 19.7 Å². The molecule has 1 N–H and O–H groups in total. The van der Waals surface area contributed by atoms with E-state index in [0.29, 0.717) is 13.2 Å². The van der Waals surface area contributed by atoms with E-state index in [2.05, 4.69) is 0 Å². The van der Waals surface area contributed by atoms with Crippen molar-refractivity contribution in [3.05, 3.63) is 35.9 Å². The molecule has 1 fully saturated rings. The Bertz CT molecular complexity index is 380. The number of carboxylic acid groups (broad SMARTS) is 1. The number of aliphatic carboxylic acids is 1. The van der Waals surface area contributed by atoms with Crippen molar-refractivity contribution in [2.45, 2.75) is 19.1 Å². The van der Waals surface area contributed by atoms with Gasteiger partial charge in [0.2, 0.25) is 0 Å². The van der Waals surface area contributed by atoms with Crippen LogP contribution in [-0.2, 0) is 9.53 Å². The van der Waals surface area contributed by atoms with E-state index in [-0.39, 0.29) is 6.10 Å². The highest BCUT2D eigenvalue weighted by molar-refractivity contribution is 5.74. The largest absolute Gasteiger partial charge is 0.480 e. The van der Waals surface area contributed by atoms with Crippen LogP contribution in [0.15, 0.2) is 30.3 Å². The molecule has 2 unspecified atom stereocenters. The third kappa shape index (κ3) is 2.48. The molecular weight excluding hydrogens is 218 g/mol. The summed E-state index contributed by atoms with van der Waals surface area (Å²) in [6.45, 7) is 3.96. The molecule has 2 rings (SSSR count). The zero-order valence-corrected chi connectivity index (χ0v) is 9.87. The van der Waals surface area contributed by atoms with Crippen LogP contribution in [-0.4, -0.2) is 41.7 Å². The molecule has 0 aliphatic carbocycles. The summed E-state index contributed by atoms with van der Waals surface area (Å²) in [6.07, 6.45) is -0.373. The van der Waals surface area contributed by atoms with E-state index in [1.807, 2.05) is 42.2 Å². The van der Waals surface area contributed by atoms with Gasteiger partial charge in [-0.2, -0.15) is 0 Å². The first-order chi connectivity index (χ1) is 8.24. The highest BCUT2D eigenvalue weighted by atomic mass is 16.5. The second-order valence-electron chi connectivity index (χ2n) is 4.11. The van der Waals surface area contributed by atoms with Crippen molar-refractivity contribution in [1.82, 2.24) is 4.90 Å². The Balaban J connectivity index is 2.28. The molecule has 1 saturated heterocycles. The zero-order valence-electron chi connectivity index (χ0n) is 9.87. The maximum Gasteiger partial charge on any atom is 0.324 e. The maximum absolute atomic E-state index is 11.4. The SMILES string of the molecule is CCN1CCOC(c2ccccc2)C1C(=O)O. The average Bonchev–Trinajstić information content (AvgIpc) is 2.38. The lowest BCUT2D eigenvalue weighted by Crippen LogP contribution is -2.51. The quantitative estimate of drug-likeness (QED) is 0.863. The number of carbonyl (C=O) groups is 1. The number of likely N-dealkylation sites (N-methyl/N-ethyl adjacent to an activating group) is 1. The van der Waals surface area contributed by atoms with Crippen LogP contribution < -0.4 is 0 Å². The number of hydrogen-bond acceptors (Lipinski definition) is 3. The number of benzene rings is 1. The Morgan fingerprint density at radius 2 is 2.18 bits per heavy atom. The number of ether oxygens (including phenoxy) is 1. The standard InChI is InChI=1S/C13H17NO3/c1-2-14-8-9-17-12(11(14)13(15)16)10-6-4-3-5-7-10/h3-7,11-12H,2,8-9H2,1H3,(H,15,16). The predicted molar refractivity (Wildman–Crippen MR) is 63.8 cm³/mol. The zero-order chi connectivity index (χ0) is 12.3. The van der Waals surface area contributed by atoms with Crippen molar-refractivity contribution >= 4 is 5.97 Å². The van der Waals surface area contributed by atoms with Gasteiger partial charge in [-0.05, 0) is 12.1 Å². The third-order valence-corrected chi connectivity index (χ3v) is 3.14. The third-order valence-electron chi connectivity index (χ3n) is 3.14. The van der Waals surface area contributed by atoms with Gasteiger partial charge in [0.05, 0.1) is 6.61 Å². The van der Waals surface area contributed by atoms with Crippen LogP contribution in [0, 0.1) is 0 Å². The summed E-state index contributed by atoms with van der Waals surface area (Å²) in [5, 5.41) is 9.35. The Kier molecular flexibility index (Phi) is 3.76. The molecule has 92 valence electrons. The van der Waals surface area contributed by atoms with E-state index >= 15 is 0 Å². The van der Waals surface area contributed by atoms with E-state index in [9.17, 15) is 9.90 Å². The monoisotopic (exact) mass is 235 g/mol. The second-order valence-corrected chi connectivity index (χ2v) is 4.11. The van der Waals surface area contributed by atoms with Gasteiger partial charge in [-0.15, -0.1) is 0 Å². The number of rotatable bonds is 3. The summed E-state index contributed by atoms with van der Waals surface area (Å²) < 4.78 is 5.65. The molecule has 2 atom stereocenters. The molecule has 4 heteroatoms. The average molecular weight is 235 g/mol. The maximum atomic E-state index is 11.4. The van der Waals surface area contributed by atoms with E-state index < -0.39 is 12.0 Å². The van der Waals surface area contributed by atoms with Gasteiger partial charge in [0.15, 0.2) is 0 Å². The summed E-state index contributed by atoms with van der Waals surface area (Å²) in [5.41, 5.74) is 0.929. The first kappa shape index (κ1) is 12.1. The highest BCUT2D eigenvalue weighted by Crippen LogP contribution is 2.28. The van der Waals surface area contributed by atoms with Crippen LogP contribution >= 0.6 is 0 Å². The topological polar surface area (TPSA) is 49.8 Å². The molecule has 1 aliphatic heterocycles. The normalized spacial score (nSPS) is 25.7. The molecule has 0 amide bonds. The van der Waals surface area contributed by atoms with Crippen molar-refractivity contribution in [3.63, 3.8) is 0 Å². The molecule has 1 aromatic carbocycles. The lowest BCUT2D eigenvalue weighted by atomic mass is 9.99.